The van der Waals surface area contributed by atoms with Crippen molar-refractivity contribution in [3.05, 3.63) is 34.4 Å². The second-order valence-electron chi connectivity index (χ2n) is 4.42. The Morgan fingerprint density at radius 3 is 2.50 bits per heavy atom. The van der Waals surface area contributed by atoms with Gasteiger partial charge in [0.2, 0.25) is 0 Å². The number of phenols is 1. The first kappa shape index (κ1) is 12.6. The Morgan fingerprint density at radius 2 is 1.94 bits per heavy atom. The van der Waals surface area contributed by atoms with Gasteiger partial charge in [-0.25, -0.2) is 0 Å². The van der Waals surface area contributed by atoms with Gasteiger partial charge in [-0.3, -0.25) is 0 Å². The molecule has 0 atom stereocenters. The fourth-order valence-electron chi connectivity index (χ4n) is 2.22. The van der Waals surface area contributed by atoms with E-state index >= 15 is 0 Å². The molecular weight excluding hydrogens is 244 g/mol. The number of nitriles is 1. The van der Waals surface area contributed by atoms with E-state index in [1.807, 2.05) is 12.1 Å². The van der Waals surface area contributed by atoms with Crippen LogP contribution in [0.25, 0.3) is 6.08 Å². The molecule has 3 N–H and O–H groups in total. The summed E-state index contributed by atoms with van der Waals surface area (Å²) in [5, 5.41) is 18.9. The van der Waals surface area contributed by atoms with E-state index in [2.05, 4.69) is 0 Å². The Bertz CT molecular complexity index is 570. The second-order valence-corrected chi connectivity index (χ2v) is 4.86. The monoisotopic (exact) mass is 258 g/mol. The largest absolute Gasteiger partial charge is 0.507 e. The molecule has 1 aromatic carbocycles. The zero-order valence-corrected chi connectivity index (χ0v) is 10.8. The molecule has 2 rings (SSSR count). The third kappa shape index (κ3) is 2.52. The summed E-state index contributed by atoms with van der Waals surface area (Å²) in [5.74, 6) is 0.180. The number of fused-ring (bicyclic) bond motifs is 1. The summed E-state index contributed by atoms with van der Waals surface area (Å²) in [6, 6.07) is 5.66. The Kier molecular flexibility index (Phi) is 3.63. The molecule has 1 aromatic rings. The van der Waals surface area contributed by atoms with Crippen molar-refractivity contribution < 1.29 is 5.11 Å². The standard InChI is InChI=1S/C14H14N2OS/c15-8-12(14(16)18)6-11-5-9-3-1-2-4-10(9)7-13(11)17/h5-7,17H,1-4H2,(H2,16,18). The molecule has 0 heterocycles. The summed E-state index contributed by atoms with van der Waals surface area (Å²) in [7, 11) is 0. The molecule has 18 heavy (non-hydrogen) atoms. The van der Waals surface area contributed by atoms with Gasteiger partial charge in [0.25, 0.3) is 0 Å². The lowest BCUT2D eigenvalue weighted by molar-refractivity contribution is 0.472. The minimum atomic E-state index is 0.0506. The van der Waals surface area contributed by atoms with Crippen molar-refractivity contribution in [2.75, 3.05) is 0 Å². The summed E-state index contributed by atoms with van der Waals surface area (Å²) in [4.78, 5) is 0.0506. The zero-order valence-electron chi connectivity index (χ0n) is 9.94. The maximum atomic E-state index is 9.95. The van der Waals surface area contributed by atoms with E-state index in [1.54, 1.807) is 12.1 Å². The number of hydrogen-bond donors (Lipinski definition) is 2. The lowest BCUT2D eigenvalue weighted by atomic mass is 9.89. The number of rotatable bonds is 2. The quantitative estimate of drug-likeness (QED) is 0.485. The molecule has 4 heteroatoms. The average molecular weight is 258 g/mol. The van der Waals surface area contributed by atoms with Crippen LogP contribution in [0.2, 0.25) is 0 Å². The fraction of sp³-hybridized carbons (Fsp3) is 0.286. The molecule has 0 bridgehead atoms. The number of aromatic hydroxyl groups is 1. The molecule has 0 radical (unpaired) electrons. The summed E-state index contributed by atoms with van der Waals surface area (Å²) in [5.41, 5.74) is 8.71. The predicted molar refractivity (Wildman–Crippen MR) is 75.1 cm³/mol. The molecular formula is C14H14N2OS. The Labute approximate surface area is 112 Å². The van der Waals surface area contributed by atoms with Gasteiger partial charge in [-0.15, -0.1) is 0 Å². The van der Waals surface area contributed by atoms with Gasteiger partial charge in [0, 0.05) is 5.56 Å². The molecule has 92 valence electrons. The fourth-order valence-corrected chi connectivity index (χ4v) is 2.33. The molecule has 1 aliphatic carbocycles. The minimum Gasteiger partial charge on any atom is -0.507 e. The van der Waals surface area contributed by atoms with E-state index in [0.29, 0.717) is 5.56 Å². The maximum absolute atomic E-state index is 9.95. The van der Waals surface area contributed by atoms with Gasteiger partial charge in [0.15, 0.2) is 0 Å². The van der Waals surface area contributed by atoms with E-state index < -0.39 is 0 Å². The molecule has 0 unspecified atom stereocenters. The lowest BCUT2D eigenvalue weighted by Gasteiger charge is -2.17. The molecule has 0 amide bonds. The molecule has 0 spiro atoms. The highest BCUT2D eigenvalue weighted by molar-refractivity contribution is 7.80. The molecule has 0 aliphatic heterocycles. The summed E-state index contributed by atoms with van der Waals surface area (Å²) in [6.07, 6.45) is 5.91. The van der Waals surface area contributed by atoms with Crippen LogP contribution in [0.1, 0.15) is 29.5 Å². The summed E-state index contributed by atoms with van der Waals surface area (Å²) < 4.78 is 0. The molecule has 0 saturated heterocycles. The van der Waals surface area contributed by atoms with Crippen molar-refractivity contribution in [2.45, 2.75) is 25.7 Å². The first-order valence-electron chi connectivity index (χ1n) is 5.88. The summed E-state index contributed by atoms with van der Waals surface area (Å²) in [6.45, 7) is 0. The van der Waals surface area contributed by atoms with Crippen LogP contribution in [0, 0.1) is 11.3 Å². The van der Waals surface area contributed by atoms with Crippen LogP contribution in [0.4, 0.5) is 0 Å². The number of benzene rings is 1. The normalized spacial score (nSPS) is 14.7. The number of phenolic OH excluding ortho intramolecular Hbond substituents is 1. The minimum absolute atomic E-state index is 0.0506. The van der Waals surface area contributed by atoms with Crippen LogP contribution in [0.5, 0.6) is 5.75 Å². The second kappa shape index (κ2) is 5.19. The van der Waals surface area contributed by atoms with E-state index in [1.165, 1.54) is 17.5 Å². The van der Waals surface area contributed by atoms with Gasteiger partial charge >= 0.3 is 0 Å². The third-order valence-corrected chi connectivity index (χ3v) is 3.40. The zero-order chi connectivity index (χ0) is 13.1. The highest BCUT2D eigenvalue weighted by Crippen LogP contribution is 2.29. The van der Waals surface area contributed by atoms with Gasteiger partial charge in [-0.05, 0) is 55.0 Å². The van der Waals surface area contributed by atoms with Gasteiger partial charge in [-0.1, -0.05) is 12.2 Å². The van der Waals surface area contributed by atoms with Crippen LogP contribution >= 0.6 is 12.2 Å². The lowest BCUT2D eigenvalue weighted by Crippen LogP contribution is -2.10. The Balaban J connectivity index is 2.46. The SMILES string of the molecule is N#CC(=Cc1cc2c(cc1O)CCCC2)C(N)=S. The van der Waals surface area contributed by atoms with E-state index in [4.69, 9.17) is 23.2 Å². The number of nitrogens with zero attached hydrogens (tertiary/aromatic N) is 1. The number of thiocarbonyl (C=S) groups is 1. The molecule has 1 aliphatic rings. The van der Waals surface area contributed by atoms with Crippen molar-refractivity contribution in [1.82, 2.24) is 0 Å². The highest BCUT2D eigenvalue weighted by atomic mass is 32.1. The van der Waals surface area contributed by atoms with Crippen molar-refractivity contribution >= 4 is 23.3 Å². The number of nitrogens with two attached hydrogens (primary N) is 1. The Morgan fingerprint density at radius 1 is 1.33 bits per heavy atom. The van der Waals surface area contributed by atoms with Crippen molar-refractivity contribution in [1.29, 1.82) is 5.26 Å². The maximum Gasteiger partial charge on any atom is 0.123 e. The average Bonchev–Trinajstić information content (AvgIpc) is 2.35. The van der Waals surface area contributed by atoms with E-state index in [0.717, 1.165) is 19.3 Å². The van der Waals surface area contributed by atoms with Gasteiger partial charge < -0.3 is 10.8 Å². The van der Waals surface area contributed by atoms with Crippen LogP contribution < -0.4 is 5.73 Å². The van der Waals surface area contributed by atoms with Crippen molar-refractivity contribution in [2.24, 2.45) is 5.73 Å². The summed E-state index contributed by atoms with van der Waals surface area (Å²) >= 11 is 4.78. The van der Waals surface area contributed by atoms with Crippen LogP contribution in [0.3, 0.4) is 0 Å². The van der Waals surface area contributed by atoms with E-state index in [-0.39, 0.29) is 16.3 Å². The smallest absolute Gasteiger partial charge is 0.123 e. The van der Waals surface area contributed by atoms with Crippen molar-refractivity contribution in [3.8, 4) is 11.8 Å². The van der Waals surface area contributed by atoms with Crippen LogP contribution in [-0.2, 0) is 12.8 Å². The first-order valence-corrected chi connectivity index (χ1v) is 6.29. The Hall–Kier alpha value is -1.86. The van der Waals surface area contributed by atoms with Crippen molar-refractivity contribution in [3.63, 3.8) is 0 Å². The molecule has 3 nitrogen and oxygen atoms in total. The van der Waals surface area contributed by atoms with Crippen LogP contribution in [-0.4, -0.2) is 10.1 Å². The van der Waals surface area contributed by atoms with Gasteiger partial charge in [-0.2, -0.15) is 5.26 Å². The molecule has 0 aromatic heterocycles. The van der Waals surface area contributed by atoms with Gasteiger partial charge in [0.1, 0.15) is 16.8 Å². The molecule has 0 saturated carbocycles. The predicted octanol–water partition coefficient (Wildman–Crippen LogP) is 2.46. The van der Waals surface area contributed by atoms with Gasteiger partial charge in [0.05, 0.1) is 5.57 Å². The highest BCUT2D eigenvalue weighted by Gasteiger charge is 2.13. The first-order chi connectivity index (χ1) is 8.61. The topological polar surface area (TPSA) is 70.0 Å². The number of aryl methyl sites for hydroxylation is 2. The van der Waals surface area contributed by atoms with Crippen LogP contribution in [0.15, 0.2) is 17.7 Å². The third-order valence-electron chi connectivity index (χ3n) is 3.18. The van der Waals surface area contributed by atoms with E-state index in [9.17, 15) is 5.11 Å². The number of hydrogen-bond acceptors (Lipinski definition) is 3. The molecule has 0 fully saturated rings.